The molecule has 0 radical (unpaired) electrons. The van der Waals surface area contributed by atoms with Gasteiger partial charge in [0.05, 0.1) is 0 Å². The van der Waals surface area contributed by atoms with Gasteiger partial charge in [-0.1, -0.05) is 24.3 Å². The molecule has 4 aromatic rings. The Bertz CT molecular complexity index is 1630. The molecule has 3 heterocycles. The van der Waals surface area contributed by atoms with E-state index in [1.807, 2.05) is 25.1 Å². The van der Waals surface area contributed by atoms with Crippen LogP contribution in [-0.4, -0.2) is 21.2 Å². The molecule has 0 saturated heterocycles. The number of allylic oxidation sites excluding steroid dienone is 3. The number of hydrogen-bond donors (Lipinski definition) is 2. The van der Waals surface area contributed by atoms with Gasteiger partial charge in [-0.3, -0.25) is 9.59 Å². The monoisotopic (exact) mass is 540 g/mol. The van der Waals surface area contributed by atoms with Crippen LogP contribution in [0.25, 0.3) is 21.8 Å². The number of carbonyl (C=O) groups excluding carboxylic acids is 2. The van der Waals surface area contributed by atoms with Gasteiger partial charge < -0.3 is 15.2 Å². The van der Waals surface area contributed by atoms with Gasteiger partial charge in [0.15, 0.2) is 5.78 Å². The summed E-state index contributed by atoms with van der Waals surface area (Å²) >= 11 is 3.38. The summed E-state index contributed by atoms with van der Waals surface area (Å²) in [6.45, 7) is 1.91. The fourth-order valence-electron chi connectivity index (χ4n) is 5.62. The Balaban J connectivity index is 1.51. The van der Waals surface area contributed by atoms with Crippen LogP contribution in [-0.2, 0) is 16.6 Å². The van der Waals surface area contributed by atoms with Gasteiger partial charge in [-0.05, 0) is 71.6 Å². The molecule has 6 nitrogen and oxygen atoms in total. The number of nitrogens with zero attached hydrogens (tertiary/aromatic N) is 2. The summed E-state index contributed by atoms with van der Waals surface area (Å²) in [5.74, 6) is -0.150. The molecule has 1 aliphatic carbocycles. The summed E-state index contributed by atoms with van der Waals surface area (Å²) in [4.78, 5) is 31.3. The van der Waals surface area contributed by atoms with Crippen molar-refractivity contribution >= 4 is 55.2 Å². The largest absolute Gasteiger partial charge is 0.362 e. The molecule has 6 rings (SSSR count). The Hall–Kier alpha value is -3.71. The smallest absolute Gasteiger partial charge is 0.255 e. The van der Waals surface area contributed by atoms with Crippen molar-refractivity contribution in [2.75, 3.05) is 5.32 Å². The third-order valence-electron chi connectivity index (χ3n) is 7.26. The van der Waals surface area contributed by atoms with E-state index in [0.29, 0.717) is 23.4 Å². The third kappa shape index (κ3) is 3.66. The number of pyridine rings is 1. The molecule has 2 N–H and O–H groups in total. The van der Waals surface area contributed by atoms with Crippen molar-refractivity contribution < 1.29 is 9.59 Å². The molecule has 36 heavy (non-hydrogen) atoms. The number of hydrogen-bond acceptors (Lipinski definition) is 4. The molecule has 0 fully saturated rings. The standard InChI is InChI=1S/C29H25BrN4O2/c1-16-26(29(36)33-25-13-11-18(30)15-31-25)27(28-21(32-16)7-5-9-24(28)35)17-10-12-23-20(14-17)19-6-3-4-8-22(19)34(23)2/h3-4,6,8,10-15,27,32H,5,7,9H2,1-2H3,(H,31,33,36)/t27-/m1/s1. The zero-order chi connectivity index (χ0) is 25.0. The first-order chi connectivity index (χ1) is 17.4. The Morgan fingerprint density at radius 3 is 2.69 bits per heavy atom. The Kier molecular flexibility index (Phi) is 5.52. The van der Waals surface area contributed by atoms with Crippen molar-refractivity contribution in [3.8, 4) is 0 Å². The average Bonchev–Trinajstić information content (AvgIpc) is 3.16. The van der Waals surface area contributed by atoms with Crippen molar-refractivity contribution in [1.82, 2.24) is 14.9 Å². The van der Waals surface area contributed by atoms with Crippen LogP contribution in [0, 0.1) is 0 Å². The number of halogens is 1. The number of anilines is 1. The lowest BCUT2D eigenvalue weighted by Gasteiger charge is -2.34. The summed E-state index contributed by atoms with van der Waals surface area (Å²) in [6, 6.07) is 18.2. The van der Waals surface area contributed by atoms with E-state index in [4.69, 9.17) is 0 Å². The molecule has 0 unspecified atom stereocenters. The number of carbonyl (C=O) groups is 2. The van der Waals surface area contributed by atoms with Crippen LogP contribution >= 0.6 is 15.9 Å². The molecule has 2 aliphatic rings. The number of ketones is 1. The van der Waals surface area contributed by atoms with Gasteiger partial charge >= 0.3 is 0 Å². The summed E-state index contributed by atoms with van der Waals surface area (Å²) in [5, 5.41) is 8.60. The van der Waals surface area contributed by atoms with Crippen LogP contribution in [0.5, 0.6) is 0 Å². The highest BCUT2D eigenvalue weighted by Crippen LogP contribution is 2.43. The van der Waals surface area contributed by atoms with E-state index in [0.717, 1.165) is 56.1 Å². The fraction of sp³-hybridized carbons (Fsp3) is 0.207. The number of aryl methyl sites for hydroxylation is 1. The molecule has 180 valence electrons. The number of para-hydroxylation sites is 1. The van der Waals surface area contributed by atoms with E-state index in [2.05, 4.69) is 73.5 Å². The zero-order valence-electron chi connectivity index (χ0n) is 20.1. The zero-order valence-corrected chi connectivity index (χ0v) is 21.6. The highest BCUT2D eigenvalue weighted by Gasteiger charge is 2.38. The van der Waals surface area contributed by atoms with Crippen molar-refractivity contribution in [3.05, 3.63) is 93.4 Å². The number of Topliss-reactive ketones (excluding diaryl/α,β-unsaturated/α-hetero) is 1. The molecule has 0 spiro atoms. The summed E-state index contributed by atoms with van der Waals surface area (Å²) in [7, 11) is 2.06. The Morgan fingerprint density at radius 1 is 1.08 bits per heavy atom. The molecule has 2 aromatic carbocycles. The number of amides is 1. The van der Waals surface area contributed by atoms with Crippen molar-refractivity contribution in [2.24, 2.45) is 7.05 Å². The minimum atomic E-state index is -0.451. The predicted octanol–water partition coefficient (Wildman–Crippen LogP) is 6.10. The van der Waals surface area contributed by atoms with Crippen LogP contribution in [0.4, 0.5) is 5.82 Å². The lowest BCUT2D eigenvalue weighted by Crippen LogP contribution is -2.35. The maximum Gasteiger partial charge on any atom is 0.255 e. The van der Waals surface area contributed by atoms with Gasteiger partial charge in [-0.2, -0.15) is 0 Å². The van der Waals surface area contributed by atoms with Crippen LogP contribution in [0.2, 0.25) is 0 Å². The van der Waals surface area contributed by atoms with Crippen molar-refractivity contribution in [2.45, 2.75) is 32.1 Å². The maximum absolute atomic E-state index is 13.7. The summed E-state index contributed by atoms with van der Waals surface area (Å²) in [5.41, 5.74) is 6.16. The lowest BCUT2D eigenvalue weighted by molar-refractivity contribution is -0.116. The van der Waals surface area contributed by atoms with Gasteiger partial charge in [0.1, 0.15) is 5.82 Å². The fourth-order valence-corrected chi connectivity index (χ4v) is 5.85. The molecule has 1 atom stereocenters. The van der Waals surface area contributed by atoms with Crippen LogP contribution in [0.3, 0.4) is 0 Å². The van der Waals surface area contributed by atoms with Gasteiger partial charge in [0, 0.05) is 74.4 Å². The highest BCUT2D eigenvalue weighted by molar-refractivity contribution is 9.10. The predicted molar refractivity (Wildman–Crippen MR) is 145 cm³/mol. The minimum absolute atomic E-state index is 0.103. The lowest BCUT2D eigenvalue weighted by atomic mass is 9.75. The highest BCUT2D eigenvalue weighted by atomic mass is 79.9. The molecular formula is C29H25BrN4O2. The molecule has 0 saturated carbocycles. The second-order valence-corrected chi connectivity index (χ2v) is 10.3. The first-order valence-electron chi connectivity index (χ1n) is 12.1. The van der Waals surface area contributed by atoms with E-state index in [1.165, 1.54) is 0 Å². The topological polar surface area (TPSA) is 76.0 Å². The SMILES string of the molecule is CC1=C(C(=O)Nc2ccc(Br)cn2)[C@@H](c2ccc3c(c2)c2ccccc2n3C)C2=C(CCCC2=O)N1. The Morgan fingerprint density at radius 2 is 1.89 bits per heavy atom. The molecule has 2 aromatic heterocycles. The van der Waals surface area contributed by atoms with Crippen LogP contribution in [0.15, 0.2) is 87.8 Å². The average molecular weight is 541 g/mol. The second-order valence-electron chi connectivity index (χ2n) is 9.43. The normalized spacial score (nSPS) is 18.0. The number of aromatic nitrogens is 2. The van der Waals surface area contributed by atoms with E-state index in [1.54, 1.807) is 12.3 Å². The first-order valence-corrected chi connectivity index (χ1v) is 12.9. The maximum atomic E-state index is 13.7. The molecular weight excluding hydrogens is 516 g/mol. The van der Waals surface area contributed by atoms with Gasteiger partial charge in [0.2, 0.25) is 0 Å². The third-order valence-corrected chi connectivity index (χ3v) is 7.73. The van der Waals surface area contributed by atoms with E-state index in [-0.39, 0.29) is 11.7 Å². The summed E-state index contributed by atoms with van der Waals surface area (Å²) < 4.78 is 3.01. The second kappa shape index (κ2) is 8.75. The van der Waals surface area contributed by atoms with Crippen molar-refractivity contribution in [1.29, 1.82) is 0 Å². The molecule has 1 aliphatic heterocycles. The number of rotatable bonds is 3. The summed E-state index contributed by atoms with van der Waals surface area (Å²) in [6.07, 6.45) is 3.76. The molecule has 7 heteroatoms. The Labute approximate surface area is 217 Å². The van der Waals surface area contributed by atoms with Crippen LogP contribution in [0.1, 0.15) is 37.7 Å². The van der Waals surface area contributed by atoms with Gasteiger partial charge in [-0.15, -0.1) is 0 Å². The molecule has 1 amide bonds. The van der Waals surface area contributed by atoms with Gasteiger partial charge in [-0.25, -0.2) is 4.98 Å². The quantitative estimate of drug-likeness (QED) is 0.329. The van der Waals surface area contributed by atoms with Crippen molar-refractivity contribution in [3.63, 3.8) is 0 Å². The van der Waals surface area contributed by atoms with E-state index >= 15 is 0 Å². The number of nitrogens with one attached hydrogen (secondary N) is 2. The van der Waals surface area contributed by atoms with E-state index in [9.17, 15) is 9.59 Å². The number of fused-ring (bicyclic) bond motifs is 3. The van der Waals surface area contributed by atoms with E-state index < -0.39 is 5.92 Å². The molecule has 0 bridgehead atoms. The minimum Gasteiger partial charge on any atom is -0.362 e. The first kappa shape index (κ1) is 22.7. The van der Waals surface area contributed by atoms with Crippen LogP contribution < -0.4 is 10.6 Å². The number of benzene rings is 2. The number of dihydropyridines is 1. The van der Waals surface area contributed by atoms with Gasteiger partial charge in [0.25, 0.3) is 5.91 Å².